The second-order valence-corrected chi connectivity index (χ2v) is 11.4. The Morgan fingerprint density at radius 2 is 1.90 bits per heavy atom. The van der Waals surface area contributed by atoms with Gasteiger partial charge in [0.2, 0.25) is 0 Å². The fraction of sp³-hybridized carbons (Fsp3) is 0.364. The summed E-state index contributed by atoms with van der Waals surface area (Å²) in [5, 5.41) is 4.63. The van der Waals surface area contributed by atoms with Crippen molar-refractivity contribution in [1.29, 1.82) is 0 Å². The zero-order valence-electron chi connectivity index (χ0n) is 23.5. The molecule has 2 aliphatic carbocycles. The molecule has 0 spiro atoms. The molecule has 7 heteroatoms. The van der Waals surface area contributed by atoms with Gasteiger partial charge >= 0.3 is 0 Å². The highest BCUT2D eigenvalue weighted by atomic mass is 35.5. The SMILES string of the molecule is CC/C=C\C=C1\N=C2C=C(CNc3ccc(C)nc3)C(=NC3CCCCC3)C=C2N(c2ccc(Cl)c(Cl)c2)C1C. The third-order valence-electron chi connectivity index (χ3n) is 7.61. The molecule has 1 fully saturated rings. The van der Waals surface area contributed by atoms with Crippen molar-refractivity contribution in [3.05, 3.63) is 99.6 Å². The van der Waals surface area contributed by atoms with Gasteiger partial charge in [0.1, 0.15) is 0 Å². The predicted molar refractivity (Wildman–Crippen MR) is 171 cm³/mol. The third-order valence-corrected chi connectivity index (χ3v) is 8.35. The van der Waals surface area contributed by atoms with E-state index in [9.17, 15) is 0 Å². The average molecular weight is 575 g/mol. The van der Waals surface area contributed by atoms with Crippen LogP contribution in [0.15, 0.2) is 93.9 Å². The molecule has 5 nitrogen and oxygen atoms in total. The zero-order valence-corrected chi connectivity index (χ0v) is 25.0. The summed E-state index contributed by atoms with van der Waals surface area (Å²) in [7, 11) is 0. The maximum absolute atomic E-state index is 6.50. The largest absolute Gasteiger partial charge is 0.380 e. The number of allylic oxidation sites excluding steroid dienone is 5. The van der Waals surface area contributed by atoms with E-state index in [0.717, 1.165) is 64.7 Å². The van der Waals surface area contributed by atoms with E-state index in [1.165, 1.54) is 19.3 Å². The number of halogens is 2. The van der Waals surface area contributed by atoms with Crippen molar-refractivity contribution in [3.63, 3.8) is 0 Å². The molecule has 1 aromatic heterocycles. The van der Waals surface area contributed by atoms with Gasteiger partial charge in [-0.25, -0.2) is 4.99 Å². The van der Waals surface area contributed by atoms with Crippen LogP contribution < -0.4 is 10.2 Å². The first-order valence-electron chi connectivity index (χ1n) is 14.3. The molecule has 1 unspecified atom stereocenters. The van der Waals surface area contributed by atoms with Gasteiger partial charge in [-0.2, -0.15) is 0 Å². The summed E-state index contributed by atoms with van der Waals surface area (Å²) in [6.45, 7) is 6.94. The standard InChI is InChI=1S/C33H37Cl2N5/c1-4-5-7-12-30-23(3)40(27-15-16-28(34)29(35)18-27)33-19-31(38-25-10-8-6-9-11-25)24(17-32(33)39-30)20-37-26-14-13-22(2)36-21-26/h5,7,12-19,21,23,25,37H,4,6,8-11,20H2,1-3H3/b7-5-,30-12+,38-31?. The van der Waals surface area contributed by atoms with Gasteiger partial charge in [0.05, 0.1) is 56.8 Å². The number of nitrogens with one attached hydrogen (secondary N) is 1. The van der Waals surface area contributed by atoms with Crippen LogP contribution in [-0.4, -0.2) is 35.0 Å². The third kappa shape index (κ3) is 6.59. The minimum atomic E-state index is -0.00335. The van der Waals surface area contributed by atoms with E-state index in [0.29, 0.717) is 22.6 Å². The smallest absolute Gasteiger partial charge is 0.0876 e. The van der Waals surface area contributed by atoms with Crippen LogP contribution in [0, 0.1) is 6.92 Å². The molecule has 0 saturated heterocycles. The van der Waals surface area contributed by atoms with Crippen LogP contribution in [0.1, 0.15) is 58.1 Å². The van der Waals surface area contributed by atoms with Crippen LogP contribution in [0.3, 0.4) is 0 Å². The van der Waals surface area contributed by atoms with Crippen LogP contribution in [-0.2, 0) is 0 Å². The Labute approximate surface area is 248 Å². The van der Waals surface area contributed by atoms with E-state index in [1.54, 1.807) is 0 Å². The highest BCUT2D eigenvalue weighted by Crippen LogP contribution is 2.37. The summed E-state index contributed by atoms with van der Waals surface area (Å²) in [5.41, 5.74) is 8.04. The fourth-order valence-corrected chi connectivity index (χ4v) is 5.67. The molecule has 3 aliphatic rings. The fourth-order valence-electron chi connectivity index (χ4n) is 5.38. The average Bonchev–Trinajstić information content (AvgIpc) is 2.96. The number of hydrogen-bond donors (Lipinski definition) is 1. The number of aliphatic imine (C=N–C) groups is 2. The van der Waals surface area contributed by atoms with Gasteiger partial charge in [-0.3, -0.25) is 9.98 Å². The van der Waals surface area contributed by atoms with E-state index in [2.05, 4.69) is 65.5 Å². The number of aryl methyl sites for hydroxylation is 1. The van der Waals surface area contributed by atoms with Crippen molar-refractivity contribution in [2.24, 2.45) is 9.98 Å². The summed E-state index contributed by atoms with van der Waals surface area (Å²) in [4.78, 5) is 17.2. The second-order valence-electron chi connectivity index (χ2n) is 10.6. The van der Waals surface area contributed by atoms with Gasteiger partial charge in [-0.05, 0) is 87.2 Å². The molecule has 1 atom stereocenters. The highest BCUT2D eigenvalue weighted by Gasteiger charge is 2.32. The molecule has 1 aliphatic heterocycles. The first kappa shape index (κ1) is 28.4. The first-order valence-corrected chi connectivity index (χ1v) is 15.1. The number of nitrogens with zero attached hydrogens (tertiary/aromatic N) is 4. The summed E-state index contributed by atoms with van der Waals surface area (Å²) in [6, 6.07) is 10.3. The number of aromatic nitrogens is 1. The Bertz CT molecular complexity index is 1410. The van der Waals surface area contributed by atoms with Gasteiger partial charge in [0.25, 0.3) is 0 Å². The number of hydrogen-bond acceptors (Lipinski definition) is 5. The monoisotopic (exact) mass is 573 g/mol. The topological polar surface area (TPSA) is 52.9 Å². The van der Waals surface area contributed by atoms with E-state index >= 15 is 0 Å². The number of anilines is 2. The van der Waals surface area contributed by atoms with Crippen LogP contribution in [0.5, 0.6) is 0 Å². The van der Waals surface area contributed by atoms with Crippen molar-refractivity contribution in [2.75, 3.05) is 16.8 Å². The lowest BCUT2D eigenvalue weighted by molar-refractivity contribution is 0.443. The van der Waals surface area contributed by atoms with E-state index in [4.69, 9.17) is 33.2 Å². The van der Waals surface area contributed by atoms with Crippen LogP contribution >= 0.6 is 23.2 Å². The summed E-state index contributed by atoms with van der Waals surface area (Å²) < 4.78 is 0. The summed E-state index contributed by atoms with van der Waals surface area (Å²) in [5.74, 6) is 0. The second kappa shape index (κ2) is 13.0. The molecule has 0 amide bonds. The van der Waals surface area contributed by atoms with E-state index in [-0.39, 0.29) is 6.04 Å². The number of fused-ring (bicyclic) bond motifs is 1. The van der Waals surface area contributed by atoms with Crippen molar-refractivity contribution in [2.45, 2.75) is 71.4 Å². The molecule has 0 bridgehead atoms. The Morgan fingerprint density at radius 3 is 2.62 bits per heavy atom. The molecule has 1 aromatic carbocycles. The minimum Gasteiger partial charge on any atom is -0.380 e. The molecule has 1 saturated carbocycles. The zero-order chi connectivity index (χ0) is 28.1. The molecule has 1 N–H and O–H groups in total. The predicted octanol–water partition coefficient (Wildman–Crippen LogP) is 8.91. The molecule has 208 valence electrons. The highest BCUT2D eigenvalue weighted by molar-refractivity contribution is 6.42. The van der Waals surface area contributed by atoms with Crippen LogP contribution in [0.2, 0.25) is 10.0 Å². The van der Waals surface area contributed by atoms with Crippen molar-refractivity contribution >= 4 is 46.0 Å². The van der Waals surface area contributed by atoms with Crippen LogP contribution in [0.4, 0.5) is 11.4 Å². The Balaban J connectivity index is 1.58. The number of benzene rings is 1. The van der Waals surface area contributed by atoms with Crippen molar-refractivity contribution in [3.8, 4) is 0 Å². The van der Waals surface area contributed by atoms with Gasteiger partial charge in [-0.15, -0.1) is 0 Å². The minimum absolute atomic E-state index is 0.00335. The van der Waals surface area contributed by atoms with Gasteiger partial charge in [-0.1, -0.05) is 61.5 Å². The molecule has 2 aromatic rings. The normalized spacial score (nSPS) is 21.9. The number of pyridine rings is 1. The molecule has 2 heterocycles. The number of rotatable bonds is 7. The molecular weight excluding hydrogens is 537 g/mol. The summed E-state index contributed by atoms with van der Waals surface area (Å²) >= 11 is 12.8. The Morgan fingerprint density at radius 1 is 1.07 bits per heavy atom. The molecule has 5 rings (SSSR count). The van der Waals surface area contributed by atoms with Gasteiger partial charge < -0.3 is 10.2 Å². The van der Waals surface area contributed by atoms with E-state index in [1.807, 2.05) is 37.4 Å². The van der Waals surface area contributed by atoms with Crippen LogP contribution in [0.25, 0.3) is 0 Å². The quantitative estimate of drug-likeness (QED) is 0.336. The molecular formula is C33H37Cl2N5. The molecule has 40 heavy (non-hydrogen) atoms. The lowest BCUT2D eigenvalue weighted by atomic mass is 9.92. The van der Waals surface area contributed by atoms with E-state index < -0.39 is 0 Å². The van der Waals surface area contributed by atoms with Gasteiger partial charge in [0, 0.05) is 17.9 Å². The molecule has 0 radical (unpaired) electrons. The summed E-state index contributed by atoms with van der Waals surface area (Å²) in [6.07, 6.45) is 19.7. The Hall–Kier alpha value is -3.15. The lowest BCUT2D eigenvalue weighted by Gasteiger charge is -2.39. The first-order chi connectivity index (χ1) is 19.4. The lowest BCUT2D eigenvalue weighted by Crippen LogP contribution is -2.42. The maximum Gasteiger partial charge on any atom is 0.0876 e. The van der Waals surface area contributed by atoms with Crippen molar-refractivity contribution < 1.29 is 0 Å². The van der Waals surface area contributed by atoms with Crippen molar-refractivity contribution in [1.82, 2.24) is 4.98 Å². The Kier molecular flexibility index (Phi) is 9.23. The maximum atomic E-state index is 6.50. The van der Waals surface area contributed by atoms with Gasteiger partial charge in [0.15, 0.2) is 0 Å².